The minimum Gasteiger partial charge on any atom is -0.475 e. The Balaban J connectivity index is 0.000000673. The molecule has 25 heavy (non-hydrogen) atoms. The first-order valence-corrected chi connectivity index (χ1v) is 6.92. The van der Waals surface area contributed by atoms with Crippen molar-refractivity contribution in [2.24, 2.45) is 5.84 Å². The van der Waals surface area contributed by atoms with E-state index < -0.39 is 18.2 Å². The molecule has 0 fully saturated rings. The molecule has 2 aromatic carbocycles. The Morgan fingerprint density at radius 3 is 1.60 bits per heavy atom. The largest absolute Gasteiger partial charge is 0.490 e. The number of hydrogen-bond donors (Lipinski definition) is 4. The molecule has 0 radical (unpaired) electrons. The van der Waals surface area contributed by atoms with Crippen LogP contribution in [0.2, 0.25) is 0 Å². The quantitative estimate of drug-likeness (QED) is 0.385. The molecule has 2 amide bonds. The summed E-state index contributed by atoms with van der Waals surface area (Å²) in [5.41, 5.74) is 4.10. The number of amides is 2. The van der Waals surface area contributed by atoms with Gasteiger partial charge in [0, 0.05) is 1.43 Å². The van der Waals surface area contributed by atoms with Crippen LogP contribution in [0.4, 0.5) is 18.0 Å². The molecule has 6 nitrogen and oxygen atoms in total. The van der Waals surface area contributed by atoms with Crippen LogP contribution in [0.15, 0.2) is 60.7 Å². The highest BCUT2D eigenvalue weighted by atomic mass is 19.4. The molecular weight excluding hydrogens is 339 g/mol. The standard InChI is InChI=1S/C14H15N3O.C2HF3O2.H2/c15-17-14(18)16-13(11-7-3-1-4-8-11)12-9-5-2-6-10-12;3-2(4,5)1(6)7;/h1-10,13H,15H2,(H2,16,17,18);(H,6,7);1H. The minimum absolute atomic E-state index is 0. The molecule has 2 aromatic rings. The highest BCUT2D eigenvalue weighted by molar-refractivity contribution is 5.74. The SMILES string of the molecule is NNC(=O)NC(c1ccccc1)c1ccccc1.O=C(O)C(F)(F)F.[HH]. The van der Waals surface area contributed by atoms with Crippen LogP contribution in [0.1, 0.15) is 18.6 Å². The number of carbonyl (C=O) groups excluding carboxylic acids is 1. The molecule has 5 N–H and O–H groups in total. The van der Waals surface area contributed by atoms with Gasteiger partial charge in [-0.1, -0.05) is 60.7 Å². The second kappa shape index (κ2) is 9.28. The topological polar surface area (TPSA) is 104 Å². The number of rotatable bonds is 3. The Morgan fingerprint density at radius 1 is 0.960 bits per heavy atom. The van der Waals surface area contributed by atoms with Crippen molar-refractivity contribution in [1.82, 2.24) is 10.7 Å². The number of aliphatic carboxylic acids is 1. The Hall–Kier alpha value is -3.07. The first-order valence-electron chi connectivity index (χ1n) is 6.92. The molecule has 0 unspecified atom stereocenters. The number of benzene rings is 2. The fraction of sp³-hybridized carbons (Fsp3) is 0.125. The molecule has 0 spiro atoms. The molecule has 9 heteroatoms. The zero-order valence-electron chi connectivity index (χ0n) is 12.8. The van der Waals surface area contributed by atoms with Gasteiger partial charge in [-0.2, -0.15) is 13.2 Å². The maximum absolute atomic E-state index is 11.4. The summed E-state index contributed by atoms with van der Waals surface area (Å²) in [4.78, 5) is 20.3. The smallest absolute Gasteiger partial charge is 0.475 e. The van der Waals surface area contributed by atoms with Crippen LogP contribution in [-0.4, -0.2) is 23.3 Å². The first-order chi connectivity index (χ1) is 11.8. The number of nitrogens with two attached hydrogens (primary N) is 1. The predicted octanol–water partition coefficient (Wildman–Crippen LogP) is 2.83. The highest BCUT2D eigenvalue weighted by Crippen LogP contribution is 2.21. The third-order valence-electron chi connectivity index (χ3n) is 2.91. The van der Waals surface area contributed by atoms with E-state index in [-0.39, 0.29) is 7.47 Å². The Bertz CT molecular complexity index is 646. The summed E-state index contributed by atoms with van der Waals surface area (Å²) in [6.45, 7) is 0. The maximum Gasteiger partial charge on any atom is 0.490 e. The van der Waals surface area contributed by atoms with Gasteiger partial charge in [0.2, 0.25) is 0 Å². The molecule has 0 bridgehead atoms. The van der Waals surface area contributed by atoms with Gasteiger partial charge in [-0.3, -0.25) is 5.43 Å². The molecule has 0 aromatic heterocycles. The van der Waals surface area contributed by atoms with E-state index in [9.17, 15) is 18.0 Å². The average molecular weight is 357 g/mol. The van der Waals surface area contributed by atoms with Crippen molar-refractivity contribution in [3.05, 3.63) is 71.8 Å². The molecule has 0 saturated carbocycles. The van der Waals surface area contributed by atoms with E-state index in [1.54, 1.807) is 0 Å². The number of nitrogens with one attached hydrogen (secondary N) is 2. The van der Waals surface area contributed by atoms with Crippen LogP contribution in [0.3, 0.4) is 0 Å². The fourth-order valence-electron chi connectivity index (χ4n) is 1.82. The van der Waals surface area contributed by atoms with Crippen molar-refractivity contribution < 1.29 is 29.3 Å². The summed E-state index contributed by atoms with van der Waals surface area (Å²) in [6.07, 6.45) is -5.08. The van der Waals surface area contributed by atoms with Gasteiger partial charge >= 0.3 is 18.2 Å². The van der Waals surface area contributed by atoms with E-state index in [2.05, 4.69) is 10.7 Å². The lowest BCUT2D eigenvalue weighted by molar-refractivity contribution is -0.192. The number of halogens is 3. The maximum atomic E-state index is 11.4. The van der Waals surface area contributed by atoms with E-state index in [0.717, 1.165) is 11.1 Å². The number of carboxylic acids is 1. The van der Waals surface area contributed by atoms with Crippen LogP contribution in [0.5, 0.6) is 0 Å². The molecule has 0 heterocycles. The second-order valence-electron chi connectivity index (χ2n) is 4.68. The summed E-state index contributed by atoms with van der Waals surface area (Å²) < 4.78 is 31.7. The van der Waals surface area contributed by atoms with Crippen molar-refractivity contribution in [2.75, 3.05) is 0 Å². The van der Waals surface area contributed by atoms with E-state index in [0.29, 0.717) is 0 Å². The molecule has 0 atom stereocenters. The summed E-state index contributed by atoms with van der Waals surface area (Å²) in [5.74, 6) is 2.36. The van der Waals surface area contributed by atoms with E-state index in [1.165, 1.54) is 0 Å². The van der Waals surface area contributed by atoms with Gasteiger partial charge in [-0.05, 0) is 11.1 Å². The van der Waals surface area contributed by atoms with Gasteiger partial charge in [-0.25, -0.2) is 15.4 Å². The Labute approximate surface area is 142 Å². The van der Waals surface area contributed by atoms with Crippen LogP contribution < -0.4 is 16.6 Å². The van der Waals surface area contributed by atoms with Gasteiger partial charge in [0.05, 0.1) is 6.04 Å². The van der Waals surface area contributed by atoms with Crippen molar-refractivity contribution in [3.63, 3.8) is 0 Å². The summed E-state index contributed by atoms with van der Waals surface area (Å²) >= 11 is 0. The number of alkyl halides is 3. The van der Waals surface area contributed by atoms with E-state index in [1.807, 2.05) is 60.7 Å². The number of hydrogen-bond acceptors (Lipinski definition) is 3. The molecular formula is C16H18F3N3O3. The molecule has 136 valence electrons. The molecule has 2 rings (SSSR count). The van der Waals surface area contributed by atoms with Gasteiger partial charge in [0.25, 0.3) is 0 Å². The third-order valence-corrected chi connectivity index (χ3v) is 2.91. The molecule has 0 saturated heterocycles. The fourth-order valence-corrected chi connectivity index (χ4v) is 1.82. The average Bonchev–Trinajstić information content (AvgIpc) is 2.60. The number of carboxylic acid groups (broad SMARTS) is 1. The first kappa shape index (κ1) is 20.0. The molecule has 0 aliphatic rings. The molecule has 0 aliphatic carbocycles. The number of urea groups is 1. The zero-order valence-corrected chi connectivity index (χ0v) is 12.8. The Morgan fingerprint density at radius 2 is 1.32 bits per heavy atom. The number of carbonyl (C=O) groups is 2. The van der Waals surface area contributed by atoms with Crippen molar-refractivity contribution in [1.29, 1.82) is 0 Å². The normalized spacial score (nSPS) is 10.4. The van der Waals surface area contributed by atoms with E-state index in [4.69, 9.17) is 15.7 Å². The van der Waals surface area contributed by atoms with Crippen LogP contribution in [-0.2, 0) is 4.79 Å². The summed E-state index contributed by atoms with van der Waals surface area (Å²) in [5, 5.41) is 9.95. The van der Waals surface area contributed by atoms with Crippen LogP contribution in [0, 0.1) is 0 Å². The van der Waals surface area contributed by atoms with Crippen molar-refractivity contribution in [3.8, 4) is 0 Å². The van der Waals surface area contributed by atoms with E-state index >= 15 is 0 Å². The number of hydrazine groups is 1. The third kappa shape index (κ3) is 6.92. The molecule has 0 aliphatic heterocycles. The van der Waals surface area contributed by atoms with Gasteiger partial charge in [0.1, 0.15) is 0 Å². The monoisotopic (exact) mass is 357 g/mol. The summed E-state index contributed by atoms with van der Waals surface area (Å²) in [7, 11) is 0. The lowest BCUT2D eigenvalue weighted by Gasteiger charge is -2.19. The van der Waals surface area contributed by atoms with Crippen molar-refractivity contribution >= 4 is 12.0 Å². The van der Waals surface area contributed by atoms with Crippen molar-refractivity contribution in [2.45, 2.75) is 12.2 Å². The second-order valence-corrected chi connectivity index (χ2v) is 4.68. The van der Waals surface area contributed by atoms with Gasteiger partial charge < -0.3 is 10.4 Å². The lowest BCUT2D eigenvalue weighted by Crippen LogP contribution is -2.42. The predicted molar refractivity (Wildman–Crippen MR) is 86.4 cm³/mol. The zero-order chi connectivity index (χ0) is 18.9. The van der Waals surface area contributed by atoms with Gasteiger partial charge in [-0.15, -0.1) is 0 Å². The minimum atomic E-state index is -5.08. The summed E-state index contributed by atoms with van der Waals surface area (Å²) in [6, 6.07) is 18.9. The van der Waals surface area contributed by atoms with Crippen LogP contribution >= 0.6 is 0 Å². The Kier molecular flexibility index (Phi) is 7.42. The van der Waals surface area contributed by atoms with Crippen LogP contribution in [0.25, 0.3) is 0 Å². The highest BCUT2D eigenvalue weighted by Gasteiger charge is 2.38. The lowest BCUT2D eigenvalue weighted by atomic mass is 9.99. The van der Waals surface area contributed by atoms with Gasteiger partial charge in [0.15, 0.2) is 0 Å².